The van der Waals surface area contributed by atoms with Gasteiger partial charge in [-0.3, -0.25) is 0 Å². The number of rotatable bonds is 2. The first kappa shape index (κ1) is 10.9. The van der Waals surface area contributed by atoms with Gasteiger partial charge in [-0.1, -0.05) is 17.6 Å². The van der Waals surface area contributed by atoms with Crippen LogP contribution < -0.4 is 0 Å². The van der Waals surface area contributed by atoms with Crippen LogP contribution in [0.5, 0.6) is 0 Å². The molecule has 1 aliphatic rings. The first-order valence-corrected chi connectivity index (χ1v) is 5.82. The maximum Gasteiger partial charge on any atom is 0.259 e. The summed E-state index contributed by atoms with van der Waals surface area (Å²) in [5, 5.41) is 12.9. The smallest absolute Gasteiger partial charge is 0.259 e. The van der Waals surface area contributed by atoms with Gasteiger partial charge in [0.15, 0.2) is 5.82 Å². The van der Waals surface area contributed by atoms with Gasteiger partial charge in [-0.15, -0.1) is 0 Å². The van der Waals surface area contributed by atoms with Crippen LogP contribution in [0, 0.1) is 17.1 Å². The molecule has 90 valence electrons. The maximum atomic E-state index is 13.5. The van der Waals surface area contributed by atoms with Gasteiger partial charge in [-0.25, -0.2) is 4.39 Å². The molecule has 0 atom stereocenters. The Bertz CT molecular complexity index is 625. The molecule has 1 fully saturated rings. The molecule has 5 heteroatoms. The zero-order chi connectivity index (χ0) is 12.5. The highest BCUT2D eigenvalue weighted by Gasteiger charge is 2.25. The van der Waals surface area contributed by atoms with Gasteiger partial charge in [0.25, 0.3) is 5.89 Å². The summed E-state index contributed by atoms with van der Waals surface area (Å²) in [6, 6.07) is 6.20. The fourth-order valence-electron chi connectivity index (χ4n) is 1.99. The number of aromatic nitrogens is 2. The minimum atomic E-state index is -0.571. The van der Waals surface area contributed by atoms with E-state index in [0.29, 0.717) is 17.3 Å². The Hall–Kier alpha value is -2.22. The molecule has 0 bridgehead atoms. The van der Waals surface area contributed by atoms with E-state index in [4.69, 9.17) is 9.78 Å². The standard InChI is InChI=1S/C13H10FN3O/c14-11-6-2-5-9(10(11)7-15)13-16-12(17-18-13)8-3-1-4-8/h2,5-6,8H,1,3-4H2. The molecule has 0 spiro atoms. The fraction of sp³-hybridized carbons (Fsp3) is 0.308. The Morgan fingerprint density at radius 3 is 2.89 bits per heavy atom. The van der Waals surface area contributed by atoms with Crippen LogP contribution in [-0.2, 0) is 0 Å². The second kappa shape index (κ2) is 4.22. The second-order valence-corrected chi connectivity index (χ2v) is 4.36. The highest BCUT2D eigenvalue weighted by atomic mass is 19.1. The summed E-state index contributed by atoms with van der Waals surface area (Å²) in [7, 11) is 0. The number of benzene rings is 1. The monoisotopic (exact) mass is 243 g/mol. The van der Waals surface area contributed by atoms with Gasteiger partial charge in [0.05, 0.1) is 5.56 Å². The van der Waals surface area contributed by atoms with Gasteiger partial charge in [0.2, 0.25) is 0 Å². The maximum absolute atomic E-state index is 13.5. The number of nitrogens with zero attached hydrogens (tertiary/aromatic N) is 3. The molecule has 0 aliphatic heterocycles. The summed E-state index contributed by atoms with van der Waals surface area (Å²) in [4.78, 5) is 4.26. The third kappa shape index (κ3) is 1.66. The lowest BCUT2D eigenvalue weighted by Crippen LogP contribution is -2.10. The molecule has 0 N–H and O–H groups in total. The van der Waals surface area contributed by atoms with Gasteiger partial charge in [0.1, 0.15) is 17.4 Å². The molecule has 0 radical (unpaired) electrons. The van der Waals surface area contributed by atoms with Gasteiger partial charge in [-0.2, -0.15) is 10.2 Å². The van der Waals surface area contributed by atoms with Crippen molar-refractivity contribution in [3.05, 3.63) is 35.4 Å². The Balaban J connectivity index is 2.02. The molecule has 0 amide bonds. The van der Waals surface area contributed by atoms with Crippen molar-refractivity contribution in [1.82, 2.24) is 10.1 Å². The molecular formula is C13H10FN3O. The fourth-order valence-corrected chi connectivity index (χ4v) is 1.99. The lowest BCUT2D eigenvalue weighted by Gasteiger charge is -2.20. The van der Waals surface area contributed by atoms with Crippen LogP contribution in [0.25, 0.3) is 11.5 Å². The van der Waals surface area contributed by atoms with Crippen molar-refractivity contribution in [3.63, 3.8) is 0 Å². The second-order valence-electron chi connectivity index (χ2n) is 4.36. The Labute approximate surface area is 103 Å². The Morgan fingerprint density at radius 2 is 2.22 bits per heavy atom. The molecule has 1 aromatic carbocycles. The number of hydrogen-bond donors (Lipinski definition) is 0. The summed E-state index contributed by atoms with van der Waals surface area (Å²) < 4.78 is 18.6. The van der Waals surface area contributed by atoms with Crippen LogP contribution in [-0.4, -0.2) is 10.1 Å². The Kier molecular flexibility index (Phi) is 2.56. The molecule has 0 unspecified atom stereocenters. The van der Waals surface area contributed by atoms with Gasteiger partial charge in [-0.05, 0) is 25.0 Å². The summed E-state index contributed by atoms with van der Waals surface area (Å²) in [6.07, 6.45) is 3.30. The van der Waals surface area contributed by atoms with Crippen molar-refractivity contribution >= 4 is 0 Å². The lowest BCUT2D eigenvalue weighted by atomic mass is 9.85. The number of hydrogen-bond acceptors (Lipinski definition) is 4. The van der Waals surface area contributed by atoms with Gasteiger partial charge < -0.3 is 4.52 Å². The topological polar surface area (TPSA) is 62.7 Å². The van der Waals surface area contributed by atoms with Crippen molar-refractivity contribution in [2.75, 3.05) is 0 Å². The molecule has 1 aromatic heterocycles. The highest BCUT2D eigenvalue weighted by Crippen LogP contribution is 2.35. The van der Waals surface area contributed by atoms with E-state index in [1.807, 2.05) is 6.07 Å². The van der Waals surface area contributed by atoms with Crippen molar-refractivity contribution < 1.29 is 8.91 Å². The van der Waals surface area contributed by atoms with E-state index < -0.39 is 5.82 Å². The minimum Gasteiger partial charge on any atom is -0.334 e. The molecule has 1 saturated carbocycles. The van der Waals surface area contributed by atoms with Crippen LogP contribution in [0.4, 0.5) is 4.39 Å². The van der Waals surface area contributed by atoms with Crippen LogP contribution in [0.3, 0.4) is 0 Å². The summed E-state index contributed by atoms with van der Waals surface area (Å²) in [5.74, 6) is 0.650. The summed E-state index contributed by atoms with van der Waals surface area (Å²) >= 11 is 0. The first-order valence-electron chi connectivity index (χ1n) is 5.82. The number of halogens is 1. The Morgan fingerprint density at radius 1 is 1.39 bits per heavy atom. The molecule has 3 rings (SSSR count). The van der Waals surface area contributed by atoms with E-state index in [0.717, 1.165) is 12.8 Å². The third-order valence-corrected chi connectivity index (χ3v) is 3.27. The summed E-state index contributed by atoms with van der Waals surface area (Å²) in [5.41, 5.74) is 0.303. The van der Waals surface area contributed by atoms with E-state index in [1.165, 1.54) is 18.6 Å². The van der Waals surface area contributed by atoms with Crippen molar-refractivity contribution in [3.8, 4) is 17.5 Å². The van der Waals surface area contributed by atoms with Gasteiger partial charge in [0, 0.05) is 5.92 Å². The average Bonchev–Trinajstić information content (AvgIpc) is 2.75. The highest BCUT2D eigenvalue weighted by molar-refractivity contribution is 5.63. The van der Waals surface area contributed by atoms with Crippen LogP contribution in [0.2, 0.25) is 0 Å². The van der Waals surface area contributed by atoms with Crippen LogP contribution >= 0.6 is 0 Å². The summed E-state index contributed by atoms with van der Waals surface area (Å²) in [6.45, 7) is 0. The van der Waals surface area contributed by atoms with E-state index in [1.54, 1.807) is 6.07 Å². The SMILES string of the molecule is N#Cc1c(F)cccc1-c1nc(C2CCC2)no1. The zero-order valence-electron chi connectivity index (χ0n) is 9.56. The minimum absolute atomic E-state index is 0.0543. The lowest BCUT2D eigenvalue weighted by molar-refractivity contribution is 0.366. The van der Waals surface area contributed by atoms with Crippen LogP contribution in [0.15, 0.2) is 22.7 Å². The average molecular weight is 243 g/mol. The third-order valence-electron chi connectivity index (χ3n) is 3.27. The number of nitriles is 1. The molecule has 0 saturated heterocycles. The molecule has 2 aromatic rings. The molecule has 1 heterocycles. The normalized spacial score (nSPS) is 15.1. The largest absolute Gasteiger partial charge is 0.334 e. The quantitative estimate of drug-likeness (QED) is 0.813. The van der Waals surface area contributed by atoms with Crippen molar-refractivity contribution in [1.29, 1.82) is 5.26 Å². The van der Waals surface area contributed by atoms with E-state index in [-0.39, 0.29) is 11.5 Å². The van der Waals surface area contributed by atoms with E-state index in [9.17, 15) is 4.39 Å². The molecular weight excluding hydrogens is 233 g/mol. The predicted octanol–water partition coefficient (Wildman–Crippen LogP) is 3.01. The van der Waals surface area contributed by atoms with E-state index >= 15 is 0 Å². The van der Waals surface area contributed by atoms with Crippen molar-refractivity contribution in [2.45, 2.75) is 25.2 Å². The molecule has 18 heavy (non-hydrogen) atoms. The van der Waals surface area contributed by atoms with Crippen molar-refractivity contribution in [2.24, 2.45) is 0 Å². The van der Waals surface area contributed by atoms with Gasteiger partial charge >= 0.3 is 0 Å². The zero-order valence-corrected chi connectivity index (χ0v) is 9.56. The van der Waals surface area contributed by atoms with Crippen LogP contribution in [0.1, 0.15) is 36.6 Å². The first-order chi connectivity index (χ1) is 8.79. The molecule has 1 aliphatic carbocycles. The molecule has 4 nitrogen and oxygen atoms in total. The predicted molar refractivity (Wildman–Crippen MR) is 61.0 cm³/mol. The van der Waals surface area contributed by atoms with E-state index in [2.05, 4.69) is 10.1 Å².